The number of aromatic nitrogens is 2. The molecule has 0 aliphatic carbocycles. The number of hydrogen-bond donors (Lipinski definition) is 2. The van der Waals surface area contributed by atoms with Crippen LogP contribution in [0.4, 0.5) is 5.95 Å². The van der Waals surface area contributed by atoms with Crippen LogP contribution in [-0.2, 0) is 11.3 Å². The second kappa shape index (κ2) is 6.30. The molecule has 0 radical (unpaired) electrons. The van der Waals surface area contributed by atoms with E-state index in [-0.39, 0.29) is 11.8 Å². The number of carbonyl (C=O) groups excluding carboxylic acids is 1. The zero-order valence-corrected chi connectivity index (χ0v) is 11.4. The van der Waals surface area contributed by atoms with E-state index in [0.29, 0.717) is 19.0 Å². The number of amides is 1. The maximum absolute atomic E-state index is 11.5. The van der Waals surface area contributed by atoms with Gasteiger partial charge in [-0.1, -0.05) is 6.92 Å². The van der Waals surface area contributed by atoms with Gasteiger partial charge >= 0.3 is 0 Å². The van der Waals surface area contributed by atoms with Crippen LogP contribution in [0.3, 0.4) is 0 Å². The minimum atomic E-state index is -0.120. The lowest BCUT2D eigenvalue weighted by atomic mass is 10.1. The molecule has 1 aromatic rings. The number of nitrogens with two attached hydrogens (primary N) is 1. The Hall–Kier alpha value is -1.69. The van der Waals surface area contributed by atoms with Gasteiger partial charge in [0.05, 0.1) is 11.6 Å². The van der Waals surface area contributed by atoms with E-state index in [4.69, 9.17) is 5.73 Å². The van der Waals surface area contributed by atoms with Gasteiger partial charge in [-0.05, 0) is 13.0 Å². The molecule has 0 fully saturated rings. The van der Waals surface area contributed by atoms with E-state index in [2.05, 4.69) is 15.3 Å². The minimum absolute atomic E-state index is 0.00792. The Morgan fingerprint density at radius 3 is 2.78 bits per heavy atom. The zero-order valence-electron chi connectivity index (χ0n) is 11.4. The molecule has 0 aliphatic heterocycles. The molecule has 0 aromatic carbocycles. The van der Waals surface area contributed by atoms with Gasteiger partial charge < -0.3 is 16.0 Å². The topological polar surface area (TPSA) is 84.1 Å². The van der Waals surface area contributed by atoms with Crippen LogP contribution in [0.15, 0.2) is 6.07 Å². The molecule has 3 N–H and O–H groups in total. The third-order valence-corrected chi connectivity index (χ3v) is 2.69. The average molecular weight is 251 g/mol. The summed E-state index contributed by atoms with van der Waals surface area (Å²) in [6, 6.07) is 1.86. The van der Waals surface area contributed by atoms with E-state index in [9.17, 15) is 4.79 Å². The fourth-order valence-electron chi connectivity index (χ4n) is 1.71. The summed E-state index contributed by atoms with van der Waals surface area (Å²) in [7, 11) is 3.50. The van der Waals surface area contributed by atoms with Gasteiger partial charge in [0.15, 0.2) is 0 Å². The number of hydrogen-bond acceptors (Lipinski definition) is 5. The molecule has 0 spiro atoms. The summed E-state index contributed by atoms with van der Waals surface area (Å²) < 4.78 is 0. The quantitative estimate of drug-likeness (QED) is 0.773. The summed E-state index contributed by atoms with van der Waals surface area (Å²) in [6.45, 7) is 4.72. The van der Waals surface area contributed by atoms with Gasteiger partial charge in [0.25, 0.3) is 0 Å². The fraction of sp³-hybridized carbons (Fsp3) is 0.583. The highest BCUT2D eigenvalue weighted by Gasteiger charge is 2.15. The normalized spacial score (nSPS) is 12.1. The van der Waals surface area contributed by atoms with Gasteiger partial charge in [0, 0.05) is 32.9 Å². The van der Waals surface area contributed by atoms with Crippen LogP contribution in [0.2, 0.25) is 0 Å². The summed E-state index contributed by atoms with van der Waals surface area (Å²) >= 11 is 0. The lowest BCUT2D eigenvalue weighted by Crippen LogP contribution is -2.35. The molecule has 1 aromatic heterocycles. The first-order valence-corrected chi connectivity index (χ1v) is 5.95. The number of rotatable bonds is 5. The van der Waals surface area contributed by atoms with Crippen molar-refractivity contribution >= 4 is 11.9 Å². The molecule has 1 unspecified atom stereocenters. The second-order valence-electron chi connectivity index (χ2n) is 4.40. The van der Waals surface area contributed by atoms with Gasteiger partial charge in [-0.15, -0.1) is 0 Å². The molecule has 18 heavy (non-hydrogen) atoms. The van der Waals surface area contributed by atoms with E-state index >= 15 is 0 Å². The Balaban J connectivity index is 2.80. The van der Waals surface area contributed by atoms with E-state index in [0.717, 1.165) is 11.4 Å². The third kappa shape index (κ3) is 3.66. The molecular weight excluding hydrogens is 230 g/mol. The Kier molecular flexibility index (Phi) is 5.03. The van der Waals surface area contributed by atoms with E-state index in [1.807, 2.05) is 31.9 Å². The lowest BCUT2D eigenvalue weighted by molar-refractivity contribution is -0.123. The first kappa shape index (κ1) is 14.4. The standard InChI is InChI=1S/C12H21N5O/c1-8(11(18)14-3)7-17(4)12-15-9(2)5-10(6-13)16-12/h5,8H,6-7,13H2,1-4H3,(H,14,18). The molecule has 1 rings (SSSR count). The van der Waals surface area contributed by atoms with Gasteiger partial charge in [0.1, 0.15) is 0 Å². The molecule has 6 heteroatoms. The first-order chi connectivity index (χ1) is 8.47. The van der Waals surface area contributed by atoms with Crippen LogP contribution in [-0.4, -0.2) is 36.5 Å². The molecule has 6 nitrogen and oxygen atoms in total. The Morgan fingerprint density at radius 2 is 2.22 bits per heavy atom. The van der Waals surface area contributed by atoms with Crippen LogP contribution >= 0.6 is 0 Å². The van der Waals surface area contributed by atoms with Crippen molar-refractivity contribution < 1.29 is 4.79 Å². The van der Waals surface area contributed by atoms with Crippen molar-refractivity contribution in [3.63, 3.8) is 0 Å². The van der Waals surface area contributed by atoms with Crippen LogP contribution in [0.1, 0.15) is 18.3 Å². The van der Waals surface area contributed by atoms with Crippen LogP contribution in [0.5, 0.6) is 0 Å². The monoisotopic (exact) mass is 251 g/mol. The first-order valence-electron chi connectivity index (χ1n) is 5.95. The number of anilines is 1. The predicted octanol–water partition coefficient (Wildman–Crippen LogP) is 0.0620. The van der Waals surface area contributed by atoms with Crippen molar-refractivity contribution in [3.8, 4) is 0 Å². The number of nitrogens with one attached hydrogen (secondary N) is 1. The molecule has 0 saturated heterocycles. The highest BCUT2D eigenvalue weighted by Crippen LogP contribution is 2.10. The third-order valence-electron chi connectivity index (χ3n) is 2.69. The Bertz CT molecular complexity index is 421. The summed E-state index contributed by atoms with van der Waals surface area (Å²) in [6.07, 6.45) is 0. The molecule has 0 saturated carbocycles. The zero-order chi connectivity index (χ0) is 13.7. The van der Waals surface area contributed by atoms with Crippen molar-refractivity contribution in [2.75, 3.05) is 25.5 Å². The maximum atomic E-state index is 11.5. The van der Waals surface area contributed by atoms with Crippen LogP contribution < -0.4 is 16.0 Å². The van der Waals surface area contributed by atoms with E-state index < -0.39 is 0 Å². The van der Waals surface area contributed by atoms with Crippen LogP contribution in [0, 0.1) is 12.8 Å². The minimum Gasteiger partial charge on any atom is -0.359 e. The van der Waals surface area contributed by atoms with Gasteiger partial charge in [0.2, 0.25) is 11.9 Å². The van der Waals surface area contributed by atoms with Crippen molar-refractivity contribution in [1.29, 1.82) is 0 Å². The highest BCUT2D eigenvalue weighted by molar-refractivity contribution is 5.78. The number of nitrogens with zero attached hydrogens (tertiary/aromatic N) is 3. The summed E-state index contributed by atoms with van der Waals surface area (Å²) in [4.78, 5) is 22.0. The molecule has 1 heterocycles. The SMILES string of the molecule is CNC(=O)C(C)CN(C)c1nc(C)cc(CN)n1. The number of aryl methyl sites for hydroxylation is 1. The molecule has 100 valence electrons. The van der Waals surface area contributed by atoms with Gasteiger partial charge in [-0.2, -0.15) is 0 Å². The largest absolute Gasteiger partial charge is 0.359 e. The average Bonchev–Trinajstić information content (AvgIpc) is 2.36. The molecule has 1 amide bonds. The van der Waals surface area contributed by atoms with Crippen LogP contribution in [0.25, 0.3) is 0 Å². The predicted molar refractivity (Wildman–Crippen MR) is 71.2 cm³/mol. The highest BCUT2D eigenvalue weighted by atomic mass is 16.1. The van der Waals surface area contributed by atoms with Gasteiger partial charge in [-0.3, -0.25) is 4.79 Å². The molecule has 0 aliphatic rings. The van der Waals surface area contributed by atoms with E-state index in [1.54, 1.807) is 7.05 Å². The van der Waals surface area contributed by atoms with Crippen molar-refractivity contribution in [3.05, 3.63) is 17.5 Å². The lowest BCUT2D eigenvalue weighted by Gasteiger charge is -2.21. The van der Waals surface area contributed by atoms with Crippen molar-refractivity contribution in [1.82, 2.24) is 15.3 Å². The molecule has 1 atom stereocenters. The number of carbonyl (C=O) groups is 1. The van der Waals surface area contributed by atoms with E-state index in [1.165, 1.54) is 0 Å². The van der Waals surface area contributed by atoms with Crippen molar-refractivity contribution in [2.24, 2.45) is 11.7 Å². The maximum Gasteiger partial charge on any atom is 0.225 e. The second-order valence-corrected chi connectivity index (χ2v) is 4.40. The fourth-order valence-corrected chi connectivity index (χ4v) is 1.71. The van der Waals surface area contributed by atoms with Gasteiger partial charge in [-0.25, -0.2) is 9.97 Å². The smallest absolute Gasteiger partial charge is 0.225 e. The molecular formula is C12H21N5O. The molecule has 0 bridgehead atoms. The summed E-state index contributed by atoms with van der Waals surface area (Å²) in [5.41, 5.74) is 7.26. The summed E-state index contributed by atoms with van der Waals surface area (Å²) in [5, 5.41) is 2.63. The summed E-state index contributed by atoms with van der Waals surface area (Å²) in [5.74, 6) is 0.491. The Morgan fingerprint density at radius 1 is 1.56 bits per heavy atom. The Labute approximate surface area is 108 Å². The van der Waals surface area contributed by atoms with Crippen molar-refractivity contribution in [2.45, 2.75) is 20.4 Å².